The topological polar surface area (TPSA) is 82.1 Å². The molecule has 0 saturated carbocycles. The number of aliphatic hydroxyl groups is 1. The fraction of sp³-hybridized carbons (Fsp3) is 0.931. The highest BCUT2D eigenvalue weighted by atomic mass is 16.6. The summed E-state index contributed by atoms with van der Waals surface area (Å²) in [5.41, 5.74) is 0. The number of carbonyl (C=O) groups is 2. The molecule has 0 aromatic carbocycles. The average Bonchev–Trinajstić information content (AvgIpc) is 2.83. The van der Waals surface area contributed by atoms with Gasteiger partial charge in [-0.1, -0.05) is 104 Å². The summed E-state index contributed by atoms with van der Waals surface area (Å²) >= 11 is 0. The molecule has 0 amide bonds. The van der Waals surface area contributed by atoms with Crippen molar-refractivity contribution in [3.8, 4) is 0 Å². The predicted octanol–water partition coefficient (Wildman–Crippen LogP) is 7.29. The van der Waals surface area contributed by atoms with E-state index in [1.54, 1.807) is 0 Å². The molecule has 0 aliphatic carbocycles. The van der Waals surface area contributed by atoms with Crippen molar-refractivity contribution >= 4 is 11.9 Å². The van der Waals surface area contributed by atoms with Crippen LogP contribution in [0.2, 0.25) is 0 Å². The van der Waals surface area contributed by atoms with E-state index in [0.717, 1.165) is 38.5 Å². The third kappa shape index (κ3) is 24.3. The van der Waals surface area contributed by atoms with Gasteiger partial charge >= 0.3 is 11.9 Å². The van der Waals surface area contributed by atoms with E-state index in [-0.39, 0.29) is 31.3 Å². The smallest absolute Gasteiger partial charge is 0.306 e. The van der Waals surface area contributed by atoms with Gasteiger partial charge in [0, 0.05) is 19.8 Å². The second-order valence-electron chi connectivity index (χ2n) is 9.88. The molecule has 0 aliphatic rings. The number of rotatable bonds is 26. The highest BCUT2D eigenvalue weighted by Gasteiger charge is 2.16. The van der Waals surface area contributed by atoms with Crippen LogP contribution < -0.4 is 0 Å². The van der Waals surface area contributed by atoms with Crippen molar-refractivity contribution in [2.75, 3.05) is 19.8 Å². The summed E-state index contributed by atoms with van der Waals surface area (Å²) in [6.07, 6.45) is 20.5. The zero-order valence-corrected chi connectivity index (χ0v) is 23.2. The summed E-state index contributed by atoms with van der Waals surface area (Å²) in [6.45, 7) is 6.17. The van der Waals surface area contributed by atoms with Gasteiger partial charge in [-0.05, 0) is 19.3 Å². The van der Waals surface area contributed by atoms with E-state index in [0.29, 0.717) is 19.4 Å². The summed E-state index contributed by atoms with van der Waals surface area (Å²) in [7, 11) is 0. The number of aliphatic hydroxyl groups excluding tert-OH is 1. The summed E-state index contributed by atoms with van der Waals surface area (Å²) in [5.74, 6) is -0.540. The predicted molar refractivity (Wildman–Crippen MR) is 142 cm³/mol. The van der Waals surface area contributed by atoms with Crippen LogP contribution in [0, 0.1) is 0 Å². The molecule has 0 rings (SSSR count). The standard InChI is InChI=1S/C29H56O6/c1-4-6-8-10-11-12-13-14-15-17-19-21-29(32)35-28(24-30)25-33-23-22-27(34-26(3)31)20-18-16-9-7-5-2/h27-28,30H,4-25H2,1-3H3/t27-,28?/m1/s1. The molecule has 0 heterocycles. The lowest BCUT2D eigenvalue weighted by Gasteiger charge is -2.19. The van der Waals surface area contributed by atoms with Crippen LogP contribution in [-0.2, 0) is 23.8 Å². The van der Waals surface area contributed by atoms with Crippen molar-refractivity contribution in [3.63, 3.8) is 0 Å². The summed E-state index contributed by atoms with van der Waals surface area (Å²) < 4.78 is 16.4. The van der Waals surface area contributed by atoms with E-state index in [1.807, 2.05) is 0 Å². The van der Waals surface area contributed by atoms with Gasteiger partial charge in [-0.25, -0.2) is 0 Å². The zero-order valence-electron chi connectivity index (χ0n) is 23.2. The lowest BCUT2D eigenvalue weighted by molar-refractivity contribution is -0.156. The van der Waals surface area contributed by atoms with Crippen LogP contribution in [-0.4, -0.2) is 49.1 Å². The van der Waals surface area contributed by atoms with Gasteiger partial charge in [-0.3, -0.25) is 9.59 Å². The first-order chi connectivity index (χ1) is 17.0. The Balaban J connectivity index is 3.84. The second kappa shape index (κ2) is 25.9. The Morgan fingerprint density at radius 3 is 1.69 bits per heavy atom. The van der Waals surface area contributed by atoms with E-state index in [9.17, 15) is 14.7 Å². The Kier molecular flexibility index (Phi) is 25.1. The SMILES string of the molecule is CCCCCCCCCCCCCC(=O)OC(CO)COCC[C@@H](CCCCCCC)OC(C)=O. The molecule has 0 bridgehead atoms. The zero-order chi connectivity index (χ0) is 26.0. The molecule has 35 heavy (non-hydrogen) atoms. The molecule has 1 unspecified atom stereocenters. The summed E-state index contributed by atoms with van der Waals surface area (Å²) in [4.78, 5) is 23.4. The molecule has 1 N–H and O–H groups in total. The number of esters is 2. The average molecular weight is 501 g/mol. The lowest BCUT2D eigenvalue weighted by atomic mass is 10.1. The Hall–Kier alpha value is -1.14. The number of hydrogen-bond donors (Lipinski definition) is 1. The molecule has 208 valence electrons. The first-order valence-corrected chi connectivity index (χ1v) is 14.6. The van der Waals surface area contributed by atoms with Crippen LogP contribution in [0.15, 0.2) is 0 Å². The Labute approximate surface area is 215 Å². The van der Waals surface area contributed by atoms with Crippen LogP contribution in [0.1, 0.15) is 143 Å². The molecular weight excluding hydrogens is 444 g/mol. The minimum atomic E-state index is -0.642. The van der Waals surface area contributed by atoms with Crippen LogP contribution in [0.3, 0.4) is 0 Å². The highest BCUT2D eigenvalue weighted by molar-refractivity contribution is 5.69. The van der Waals surface area contributed by atoms with Crippen molar-refractivity contribution in [3.05, 3.63) is 0 Å². The molecule has 0 aromatic heterocycles. The lowest BCUT2D eigenvalue weighted by Crippen LogP contribution is -2.28. The molecule has 6 heteroatoms. The van der Waals surface area contributed by atoms with Crippen LogP contribution in [0.25, 0.3) is 0 Å². The van der Waals surface area contributed by atoms with Crippen molar-refractivity contribution in [2.24, 2.45) is 0 Å². The molecule has 2 atom stereocenters. The first-order valence-electron chi connectivity index (χ1n) is 14.6. The largest absolute Gasteiger partial charge is 0.462 e. The van der Waals surface area contributed by atoms with E-state index in [4.69, 9.17) is 14.2 Å². The Bertz CT molecular complexity index is 482. The van der Waals surface area contributed by atoms with E-state index >= 15 is 0 Å². The van der Waals surface area contributed by atoms with Gasteiger partial charge < -0.3 is 19.3 Å². The highest BCUT2D eigenvalue weighted by Crippen LogP contribution is 2.14. The molecule has 0 spiro atoms. The number of carbonyl (C=O) groups excluding carboxylic acids is 2. The van der Waals surface area contributed by atoms with Crippen LogP contribution in [0.5, 0.6) is 0 Å². The van der Waals surface area contributed by atoms with Crippen molar-refractivity contribution < 1.29 is 28.9 Å². The molecule has 0 saturated heterocycles. The van der Waals surface area contributed by atoms with Gasteiger partial charge in [0.1, 0.15) is 12.2 Å². The maximum absolute atomic E-state index is 12.1. The Morgan fingerprint density at radius 2 is 1.17 bits per heavy atom. The van der Waals surface area contributed by atoms with Gasteiger partial charge in [-0.15, -0.1) is 0 Å². The maximum atomic E-state index is 12.1. The van der Waals surface area contributed by atoms with Crippen molar-refractivity contribution in [1.82, 2.24) is 0 Å². The van der Waals surface area contributed by atoms with Gasteiger partial charge in [0.05, 0.1) is 19.8 Å². The quantitative estimate of drug-likeness (QED) is 0.0992. The summed E-state index contributed by atoms with van der Waals surface area (Å²) in [5, 5.41) is 9.52. The number of hydrogen-bond acceptors (Lipinski definition) is 6. The maximum Gasteiger partial charge on any atom is 0.306 e. The number of unbranched alkanes of at least 4 members (excludes halogenated alkanes) is 14. The number of ether oxygens (including phenoxy) is 3. The fourth-order valence-electron chi connectivity index (χ4n) is 4.20. The van der Waals surface area contributed by atoms with Gasteiger partial charge in [-0.2, -0.15) is 0 Å². The minimum Gasteiger partial charge on any atom is -0.462 e. The first kappa shape index (κ1) is 33.9. The molecule has 0 aromatic rings. The van der Waals surface area contributed by atoms with Crippen molar-refractivity contribution in [1.29, 1.82) is 0 Å². The third-order valence-electron chi connectivity index (χ3n) is 6.34. The Morgan fingerprint density at radius 1 is 0.657 bits per heavy atom. The van der Waals surface area contributed by atoms with Crippen molar-refractivity contribution in [2.45, 2.75) is 155 Å². The van der Waals surface area contributed by atoms with Gasteiger partial charge in [0.2, 0.25) is 0 Å². The van der Waals surface area contributed by atoms with E-state index in [2.05, 4.69) is 13.8 Å². The monoisotopic (exact) mass is 500 g/mol. The second-order valence-corrected chi connectivity index (χ2v) is 9.88. The van der Waals surface area contributed by atoms with Crippen LogP contribution >= 0.6 is 0 Å². The van der Waals surface area contributed by atoms with E-state index in [1.165, 1.54) is 77.6 Å². The minimum absolute atomic E-state index is 0.148. The van der Waals surface area contributed by atoms with E-state index < -0.39 is 6.10 Å². The molecular formula is C29H56O6. The molecule has 0 fully saturated rings. The van der Waals surface area contributed by atoms with Gasteiger partial charge in [0.25, 0.3) is 0 Å². The molecule has 0 radical (unpaired) electrons. The third-order valence-corrected chi connectivity index (χ3v) is 6.34. The molecule has 6 nitrogen and oxygen atoms in total. The fourth-order valence-corrected chi connectivity index (χ4v) is 4.20. The summed E-state index contributed by atoms with van der Waals surface area (Å²) in [6, 6.07) is 0. The normalized spacial score (nSPS) is 12.9. The van der Waals surface area contributed by atoms with Crippen LogP contribution in [0.4, 0.5) is 0 Å². The molecule has 0 aliphatic heterocycles. The van der Waals surface area contributed by atoms with Gasteiger partial charge in [0.15, 0.2) is 0 Å².